The summed E-state index contributed by atoms with van der Waals surface area (Å²) in [4.78, 5) is 6.63. The Kier molecular flexibility index (Phi) is 6.86. The second-order valence-electron chi connectivity index (χ2n) is 8.71. The molecule has 2 aliphatic rings. The van der Waals surface area contributed by atoms with Crippen LogP contribution in [0.2, 0.25) is 0 Å². The van der Waals surface area contributed by atoms with E-state index in [1.807, 2.05) is 29.2 Å². The van der Waals surface area contributed by atoms with E-state index in [1.165, 1.54) is 12.1 Å². The van der Waals surface area contributed by atoms with Gasteiger partial charge in [-0.05, 0) is 55.7 Å². The molecule has 0 aliphatic carbocycles. The lowest BCUT2D eigenvalue weighted by Crippen LogP contribution is -2.25. The Morgan fingerprint density at radius 2 is 1.66 bits per heavy atom. The lowest BCUT2D eigenvalue weighted by atomic mass is 10.2. The minimum Gasteiger partial charge on any atom is -0.494 e. The average molecular weight is 499 g/mol. The number of nitrogens with zero attached hydrogens (tertiary/aromatic N) is 2. The summed E-state index contributed by atoms with van der Waals surface area (Å²) in [5.74, 6) is 2.26. The Labute approximate surface area is 205 Å². The Morgan fingerprint density at radius 1 is 0.943 bits per heavy atom. The van der Waals surface area contributed by atoms with E-state index in [4.69, 9.17) is 18.6 Å². The van der Waals surface area contributed by atoms with E-state index in [9.17, 15) is 8.42 Å². The molecule has 0 saturated carbocycles. The molecule has 0 radical (unpaired) electrons. The van der Waals surface area contributed by atoms with Gasteiger partial charge in [-0.15, -0.1) is 0 Å². The second-order valence-corrected chi connectivity index (χ2v) is 10.6. The molecular weight excluding hydrogens is 468 g/mol. The van der Waals surface area contributed by atoms with Crippen LogP contribution in [-0.4, -0.2) is 46.3 Å². The van der Waals surface area contributed by atoms with Crippen molar-refractivity contribution in [2.24, 2.45) is 0 Å². The van der Waals surface area contributed by atoms with Gasteiger partial charge in [0.25, 0.3) is 0 Å². The monoisotopic (exact) mass is 498 g/mol. The van der Waals surface area contributed by atoms with Crippen LogP contribution in [0.25, 0.3) is 11.5 Å². The number of ether oxygens (including phenoxy) is 3. The first-order chi connectivity index (χ1) is 17.1. The third-order valence-electron chi connectivity index (χ3n) is 6.13. The highest BCUT2D eigenvalue weighted by Crippen LogP contribution is 2.39. The van der Waals surface area contributed by atoms with Crippen LogP contribution in [0.3, 0.4) is 0 Å². The maximum Gasteiger partial charge on any atom is 0.236 e. The predicted octanol–water partition coefficient (Wildman–Crippen LogP) is 5.11. The molecule has 5 rings (SSSR count). The third-order valence-corrected chi connectivity index (χ3v) is 7.77. The number of sulfone groups is 1. The molecule has 0 bridgehead atoms. The highest BCUT2D eigenvalue weighted by Gasteiger charge is 2.32. The van der Waals surface area contributed by atoms with E-state index in [0.29, 0.717) is 42.8 Å². The van der Waals surface area contributed by atoms with Crippen LogP contribution in [0.5, 0.6) is 17.2 Å². The highest BCUT2D eigenvalue weighted by molar-refractivity contribution is 7.91. The summed E-state index contributed by atoms with van der Waals surface area (Å²) >= 11 is 0. The van der Waals surface area contributed by atoms with Gasteiger partial charge in [-0.1, -0.05) is 19.8 Å². The van der Waals surface area contributed by atoms with Crippen molar-refractivity contribution in [1.82, 2.24) is 4.98 Å². The molecule has 1 aromatic heterocycles. The molecule has 8 nitrogen and oxygen atoms in total. The van der Waals surface area contributed by atoms with E-state index in [-0.39, 0.29) is 15.8 Å². The summed E-state index contributed by atoms with van der Waals surface area (Å²) in [5.41, 5.74) is 0.688. The molecule has 0 atom stereocenters. The molecule has 0 spiro atoms. The first kappa shape index (κ1) is 23.5. The fourth-order valence-corrected chi connectivity index (χ4v) is 5.62. The number of benzene rings is 2. The summed E-state index contributed by atoms with van der Waals surface area (Å²) in [6, 6.07) is 12.0. The summed E-state index contributed by atoms with van der Waals surface area (Å²) in [6.45, 7) is 4.95. The van der Waals surface area contributed by atoms with Gasteiger partial charge in [0, 0.05) is 24.7 Å². The SMILES string of the molecule is CCCOc1ccc(-c2nc(S(=O)(=O)c3ccc4c(c3)OCCO4)c(N3CCCCCC3)o2)cc1. The van der Waals surface area contributed by atoms with Gasteiger partial charge < -0.3 is 23.5 Å². The van der Waals surface area contributed by atoms with Crippen LogP contribution >= 0.6 is 0 Å². The van der Waals surface area contributed by atoms with Gasteiger partial charge in [0.1, 0.15) is 19.0 Å². The molecule has 2 aromatic carbocycles. The van der Waals surface area contributed by atoms with Gasteiger partial charge in [0.2, 0.25) is 26.6 Å². The smallest absolute Gasteiger partial charge is 0.236 e. The molecule has 186 valence electrons. The average Bonchev–Trinajstić information content (AvgIpc) is 3.17. The van der Waals surface area contributed by atoms with Gasteiger partial charge in [0.05, 0.1) is 11.5 Å². The van der Waals surface area contributed by atoms with Crippen molar-refractivity contribution in [2.75, 3.05) is 37.8 Å². The molecule has 0 amide bonds. The minimum absolute atomic E-state index is 0.0719. The lowest BCUT2D eigenvalue weighted by molar-refractivity contribution is 0.171. The Bertz CT molecular complexity index is 1260. The van der Waals surface area contributed by atoms with E-state index in [1.54, 1.807) is 6.07 Å². The zero-order valence-corrected chi connectivity index (χ0v) is 20.7. The molecule has 0 N–H and O–H groups in total. The number of fused-ring (bicyclic) bond motifs is 1. The summed E-state index contributed by atoms with van der Waals surface area (Å²) in [7, 11) is -3.98. The molecule has 1 fully saturated rings. The molecule has 3 heterocycles. The Balaban J connectivity index is 1.55. The van der Waals surface area contributed by atoms with Crippen LogP contribution in [-0.2, 0) is 9.84 Å². The number of hydrogen-bond acceptors (Lipinski definition) is 8. The second kappa shape index (κ2) is 10.2. The van der Waals surface area contributed by atoms with E-state index >= 15 is 0 Å². The normalized spacial score (nSPS) is 16.1. The molecule has 1 saturated heterocycles. The van der Waals surface area contributed by atoms with Crippen LogP contribution in [0.1, 0.15) is 39.0 Å². The van der Waals surface area contributed by atoms with Crippen LogP contribution in [0.15, 0.2) is 56.8 Å². The number of oxazole rings is 1. The molecular formula is C26H30N2O6S. The zero-order chi connectivity index (χ0) is 24.3. The topological polar surface area (TPSA) is 91.1 Å². The predicted molar refractivity (Wildman–Crippen MR) is 131 cm³/mol. The van der Waals surface area contributed by atoms with Gasteiger partial charge >= 0.3 is 0 Å². The first-order valence-electron chi connectivity index (χ1n) is 12.2. The summed E-state index contributed by atoms with van der Waals surface area (Å²) in [6.07, 6.45) is 5.09. The third kappa shape index (κ3) is 4.96. The van der Waals surface area contributed by atoms with Gasteiger partial charge in [-0.3, -0.25) is 0 Å². The van der Waals surface area contributed by atoms with Crippen molar-refractivity contribution < 1.29 is 27.0 Å². The minimum atomic E-state index is -3.98. The van der Waals surface area contributed by atoms with Crippen LogP contribution < -0.4 is 19.1 Å². The molecule has 9 heteroatoms. The quantitative estimate of drug-likeness (QED) is 0.444. The maximum absolute atomic E-state index is 13.8. The summed E-state index contributed by atoms with van der Waals surface area (Å²) in [5, 5.41) is -0.0719. The van der Waals surface area contributed by atoms with Crippen LogP contribution in [0.4, 0.5) is 5.88 Å². The van der Waals surface area contributed by atoms with Crippen molar-refractivity contribution in [2.45, 2.75) is 48.9 Å². The van der Waals surface area contributed by atoms with Crippen molar-refractivity contribution in [3.05, 3.63) is 42.5 Å². The lowest BCUT2D eigenvalue weighted by Gasteiger charge is -2.21. The van der Waals surface area contributed by atoms with Crippen molar-refractivity contribution in [1.29, 1.82) is 0 Å². The van der Waals surface area contributed by atoms with E-state index < -0.39 is 9.84 Å². The Hall–Kier alpha value is -3.20. The zero-order valence-electron chi connectivity index (χ0n) is 19.9. The van der Waals surface area contributed by atoms with E-state index in [2.05, 4.69) is 11.9 Å². The maximum atomic E-state index is 13.8. The molecule has 3 aromatic rings. The number of anilines is 1. The van der Waals surface area contributed by atoms with E-state index in [0.717, 1.165) is 50.9 Å². The van der Waals surface area contributed by atoms with Gasteiger partial charge in [-0.25, -0.2) is 8.42 Å². The number of hydrogen-bond donors (Lipinski definition) is 0. The molecule has 35 heavy (non-hydrogen) atoms. The standard InChI is InChI=1S/C26H30N2O6S/c1-2-15-31-20-9-7-19(8-10-20)24-27-25(26(34-24)28-13-5-3-4-6-14-28)35(29,30)21-11-12-22-23(18-21)33-17-16-32-22/h7-12,18H,2-6,13-17H2,1H3. The fourth-order valence-electron chi connectivity index (χ4n) is 4.29. The van der Waals surface area contributed by atoms with Crippen molar-refractivity contribution in [3.63, 3.8) is 0 Å². The summed E-state index contributed by atoms with van der Waals surface area (Å²) < 4.78 is 50.7. The number of aromatic nitrogens is 1. The van der Waals surface area contributed by atoms with Crippen LogP contribution in [0, 0.1) is 0 Å². The highest BCUT2D eigenvalue weighted by atomic mass is 32.2. The molecule has 0 unspecified atom stereocenters. The number of rotatable bonds is 7. The van der Waals surface area contributed by atoms with Crippen molar-refractivity contribution in [3.8, 4) is 28.7 Å². The fraction of sp³-hybridized carbons (Fsp3) is 0.423. The van der Waals surface area contributed by atoms with Gasteiger partial charge in [0.15, 0.2) is 11.5 Å². The largest absolute Gasteiger partial charge is 0.494 e. The van der Waals surface area contributed by atoms with Gasteiger partial charge in [-0.2, -0.15) is 4.98 Å². The first-order valence-corrected chi connectivity index (χ1v) is 13.7. The van der Waals surface area contributed by atoms with Crippen molar-refractivity contribution >= 4 is 15.7 Å². The molecule has 2 aliphatic heterocycles. The Morgan fingerprint density at radius 3 is 2.37 bits per heavy atom.